The second-order valence-electron chi connectivity index (χ2n) is 6.12. The standard InChI is InChI=1S/C18H18N2O2/c21-18(22-11-13-4-2-1-3-5-13)16-10-20(12-19-16)17-9-14-6-7-15(17)8-14/h1-7,10,12,14-15,17H,8-9,11H2/t14?,15-,17-/m1/s1. The molecule has 0 radical (unpaired) electrons. The first-order valence-corrected chi connectivity index (χ1v) is 7.72. The fraction of sp³-hybridized carbons (Fsp3) is 0.333. The summed E-state index contributed by atoms with van der Waals surface area (Å²) in [6.07, 6.45) is 10.6. The molecule has 0 aliphatic heterocycles. The summed E-state index contributed by atoms with van der Waals surface area (Å²) < 4.78 is 7.40. The number of rotatable bonds is 4. The van der Waals surface area contributed by atoms with E-state index in [1.807, 2.05) is 36.5 Å². The van der Waals surface area contributed by atoms with Gasteiger partial charge in [0.05, 0.1) is 6.33 Å². The van der Waals surface area contributed by atoms with Gasteiger partial charge in [0.2, 0.25) is 0 Å². The molecule has 2 bridgehead atoms. The quantitative estimate of drug-likeness (QED) is 0.641. The van der Waals surface area contributed by atoms with Crippen molar-refractivity contribution in [1.82, 2.24) is 9.55 Å². The summed E-state index contributed by atoms with van der Waals surface area (Å²) in [5, 5.41) is 0. The van der Waals surface area contributed by atoms with Crippen LogP contribution in [0.4, 0.5) is 0 Å². The van der Waals surface area contributed by atoms with E-state index in [1.54, 1.807) is 6.33 Å². The summed E-state index contributed by atoms with van der Waals surface area (Å²) in [5.74, 6) is 0.930. The van der Waals surface area contributed by atoms with Crippen LogP contribution < -0.4 is 0 Å². The third-order valence-electron chi connectivity index (χ3n) is 4.65. The van der Waals surface area contributed by atoms with E-state index in [9.17, 15) is 4.79 Å². The summed E-state index contributed by atoms with van der Waals surface area (Å²) in [6, 6.07) is 10.1. The van der Waals surface area contributed by atoms with E-state index in [-0.39, 0.29) is 12.6 Å². The minimum Gasteiger partial charge on any atom is -0.456 e. The molecule has 2 aromatic rings. The van der Waals surface area contributed by atoms with Crippen LogP contribution in [-0.4, -0.2) is 15.5 Å². The number of ether oxygens (including phenoxy) is 1. The summed E-state index contributed by atoms with van der Waals surface area (Å²) in [4.78, 5) is 16.3. The van der Waals surface area contributed by atoms with Crippen LogP contribution >= 0.6 is 0 Å². The molecule has 22 heavy (non-hydrogen) atoms. The maximum Gasteiger partial charge on any atom is 0.358 e. The van der Waals surface area contributed by atoms with Gasteiger partial charge in [0.1, 0.15) is 6.61 Å². The molecular formula is C18H18N2O2. The second-order valence-corrected chi connectivity index (χ2v) is 6.12. The number of hydrogen-bond donors (Lipinski definition) is 0. The SMILES string of the molecule is O=C(OCc1ccccc1)c1cn([C@@H]2CC3C=C[C@@H]2C3)cn1. The smallest absolute Gasteiger partial charge is 0.358 e. The van der Waals surface area contributed by atoms with Crippen molar-refractivity contribution in [2.75, 3.05) is 0 Å². The Labute approximate surface area is 129 Å². The molecule has 4 heteroatoms. The predicted octanol–water partition coefficient (Wildman–Crippen LogP) is 3.38. The average Bonchev–Trinajstić information content (AvgIpc) is 3.29. The largest absolute Gasteiger partial charge is 0.456 e. The first-order valence-electron chi connectivity index (χ1n) is 7.72. The highest BCUT2D eigenvalue weighted by atomic mass is 16.5. The number of nitrogens with zero attached hydrogens (tertiary/aromatic N) is 2. The number of allylic oxidation sites excluding steroid dienone is 2. The van der Waals surface area contributed by atoms with Crippen molar-refractivity contribution in [2.24, 2.45) is 11.8 Å². The van der Waals surface area contributed by atoms with Crippen LogP contribution in [0.15, 0.2) is 55.0 Å². The van der Waals surface area contributed by atoms with Crippen LogP contribution in [0.25, 0.3) is 0 Å². The van der Waals surface area contributed by atoms with E-state index >= 15 is 0 Å². The van der Waals surface area contributed by atoms with Crippen molar-refractivity contribution in [3.05, 3.63) is 66.3 Å². The second kappa shape index (κ2) is 5.44. The average molecular weight is 294 g/mol. The summed E-state index contributed by atoms with van der Waals surface area (Å²) >= 11 is 0. The Morgan fingerprint density at radius 2 is 2.09 bits per heavy atom. The fourth-order valence-corrected chi connectivity index (χ4v) is 3.52. The van der Waals surface area contributed by atoms with Crippen LogP contribution in [0.2, 0.25) is 0 Å². The van der Waals surface area contributed by atoms with Gasteiger partial charge in [0.25, 0.3) is 0 Å². The third-order valence-corrected chi connectivity index (χ3v) is 4.65. The molecule has 0 spiro atoms. The van der Waals surface area contributed by atoms with Gasteiger partial charge in [-0.1, -0.05) is 42.5 Å². The summed E-state index contributed by atoms with van der Waals surface area (Å²) in [7, 11) is 0. The molecule has 4 nitrogen and oxygen atoms in total. The van der Waals surface area contributed by atoms with Crippen LogP contribution in [0.5, 0.6) is 0 Å². The van der Waals surface area contributed by atoms with E-state index in [0.717, 1.165) is 12.0 Å². The van der Waals surface area contributed by atoms with Crippen molar-refractivity contribution in [2.45, 2.75) is 25.5 Å². The van der Waals surface area contributed by atoms with Gasteiger partial charge in [-0.25, -0.2) is 9.78 Å². The van der Waals surface area contributed by atoms with Gasteiger partial charge in [0, 0.05) is 12.2 Å². The molecular weight excluding hydrogens is 276 g/mol. The Bertz CT molecular complexity index is 705. The highest BCUT2D eigenvalue weighted by Crippen LogP contribution is 2.46. The first-order chi connectivity index (χ1) is 10.8. The lowest BCUT2D eigenvalue weighted by molar-refractivity contribution is 0.0466. The van der Waals surface area contributed by atoms with Crippen molar-refractivity contribution in [3.8, 4) is 0 Å². The van der Waals surface area contributed by atoms with E-state index < -0.39 is 0 Å². The van der Waals surface area contributed by atoms with Gasteiger partial charge in [-0.05, 0) is 30.2 Å². The number of aromatic nitrogens is 2. The molecule has 1 aromatic heterocycles. The number of benzene rings is 1. The molecule has 0 saturated heterocycles. The molecule has 3 atom stereocenters. The molecule has 2 aliphatic carbocycles. The van der Waals surface area contributed by atoms with E-state index in [1.165, 1.54) is 6.42 Å². The molecule has 0 amide bonds. The number of fused-ring (bicyclic) bond motifs is 2. The molecule has 1 aromatic carbocycles. The zero-order chi connectivity index (χ0) is 14.9. The van der Waals surface area contributed by atoms with Gasteiger partial charge in [-0.2, -0.15) is 0 Å². The monoisotopic (exact) mass is 294 g/mol. The zero-order valence-corrected chi connectivity index (χ0v) is 12.3. The first kappa shape index (κ1) is 13.3. The highest BCUT2D eigenvalue weighted by Gasteiger charge is 2.36. The van der Waals surface area contributed by atoms with Crippen LogP contribution in [0.3, 0.4) is 0 Å². The van der Waals surface area contributed by atoms with Crippen molar-refractivity contribution < 1.29 is 9.53 Å². The fourth-order valence-electron chi connectivity index (χ4n) is 3.52. The Kier molecular flexibility index (Phi) is 3.29. The van der Waals surface area contributed by atoms with E-state index in [2.05, 4.69) is 21.7 Å². The van der Waals surface area contributed by atoms with E-state index in [0.29, 0.717) is 23.6 Å². The van der Waals surface area contributed by atoms with Gasteiger partial charge >= 0.3 is 5.97 Å². The van der Waals surface area contributed by atoms with Crippen molar-refractivity contribution in [1.29, 1.82) is 0 Å². The number of imidazole rings is 1. The van der Waals surface area contributed by atoms with Crippen molar-refractivity contribution >= 4 is 5.97 Å². The number of carbonyl (C=O) groups excluding carboxylic acids is 1. The van der Waals surface area contributed by atoms with Crippen molar-refractivity contribution in [3.63, 3.8) is 0 Å². The molecule has 0 N–H and O–H groups in total. The Hall–Kier alpha value is -2.36. The van der Waals surface area contributed by atoms with E-state index in [4.69, 9.17) is 4.74 Å². The lowest BCUT2D eigenvalue weighted by Gasteiger charge is -2.19. The molecule has 2 aliphatic rings. The molecule has 4 rings (SSSR count). The minimum absolute atomic E-state index is 0.281. The molecule has 1 fully saturated rings. The van der Waals surface area contributed by atoms with Gasteiger partial charge in [-0.3, -0.25) is 0 Å². The maximum absolute atomic E-state index is 12.1. The Morgan fingerprint density at radius 1 is 1.23 bits per heavy atom. The van der Waals surface area contributed by atoms with Gasteiger partial charge in [0.15, 0.2) is 5.69 Å². The molecule has 1 heterocycles. The zero-order valence-electron chi connectivity index (χ0n) is 12.3. The Balaban J connectivity index is 1.41. The number of carbonyl (C=O) groups is 1. The highest BCUT2D eigenvalue weighted by molar-refractivity contribution is 5.86. The predicted molar refractivity (Wildman–Crippen MR) is 82.2 cm³/mol. The Morgan fingerprint density at radius 3 is 2.82 bits per heavy atom. The molecule has 1 saturated carbocycles. The molecule has 112 valence electrons. The molecule has 1 unspecified atom stereocenters. The lowest BCUT2D eigenvalue weighted by atomic mass is 10.0. The lowest BCUT2D eigenvalue weighted by Crippen LogP contribution is -2.12. The normalized spacial score (nSPS) is 25.5. The minimum atomic E-state index is -0.360. The maximum atomic E-state index is 12.1. The summed E-state index contributed by atoms with van der Waals surface area (Å²) in [5.41, 5.74) is 1.37. The number of hydrogen-bond acceptors (Lipinski definition) is 3. The van der Waals surface area contributed by atoms with Crippen LogP contribution in [0, 0.1) is 11.8 Å². The van der Waals surface area contributed by atoms with Crippen LogP contribution in [0.1, 0.15) is 34.9 Å². The number of esters is 1. The van der Waals surface area contributed by atoms with Gasteiger partial charge < -0.3 is 9.30 Å². The topological polar surface area (TPSA) is 44.1 Å². The summed E-state index contributed by atoms with van der Waals surface area (Å²) in [6.45, 7) is 0.281. The van der Waals surface area contributed by atoms with Crippen LogP contribution in [-0.2, 0) is 11.3 Å². The van der Waals surface area contributed by atoms with Gasteiger partial charge in [-0.15, -0.1) is 0 Å². The third kappa shape index (κ3) is 2.45.